The van der Waals surface area contributed by atoms with Crippen LogP contribution in [0.25, 0.3) is 0 Å². The van der Waals surface area contributed by atoms with Crippen LogP contribution in [-0.4, -0.2) is 0 Å². The standard InChI is InChI=1S/C10H17I/c1-2-9-4-3-5-10(8-9)6-7-11/h6-7,9-10H,2-5,8H2,1H3/b7-6+. The van der Waals surface area contributed by atoms with E-state index in [9.17, 15) is 0 Å². The van der Waals surface area contributed by atoms with Gasteiger partial charge in [-0.3, -0.25) is 0 Å². The van der Waals surface area contributed by atoms with E-state index in [-0.39, 0.29) is 0 Å². The molecule has 0 spiro atoms. The fourth-order valence-corrected chi connectivity index (χ4v) is 2.57. The van der Waals surface area contributed by atoms with Crippen LogP contribution in [0.2, 0.25) is 0 Å². The first-order chi connectivity index (χ1) is 5.36. The molecule has 64 valence electrons. The van der Waals surface area contributed by atoms with Gasteiger partial charge in [0.15, 0.2) is 0 Å². The second-order valence-electron chi connectivity index (χ2n) is 3.52. The summed E-state index contributed by atoms with van der Waals surface area (Å²) in [6, 6.07) is 0. The lowest BCUT2D eigenvalue weighted by molar-refractivity contribution is 0.298. The Morgan fingerprint density at radius 3 is 2.91 bits per heavy atom. The van der Waals surface area contributed by atoms with Crippen LogP contribution in [0, 0.1) is 11.8 Å². The van der Waals surface area contributed by atoms with E-state index in [0.717, 1.165) is 11.8 Å². The minimum Gasteiger partial charge on any atom is -0.0753 e. The van der Waals surface area contributed by atoms with Gasteiger partial charge in [0.1, 0.15) is 0 Å². The van der Waals surface area contributed by atoms with Crippen molar-refractivity contribution in [2.75, 3.05) is 0 Å². The maximum Gasteiger partial charge on any atom is -0.0223 e. The summed E-state index contributed by atoms with van der Waals surface area (Å²) in [5.41, 5.74) is 0. The van der Waals surface area contributed by atoms with Gasteiger partial charge in [-0.25, -0.2) is 0 Å². The van der Waals surface area contributed by atoms with Crippen molar-refractivity contribution < 1.29 is 0 Å². The van der Waals surface area contributed by atoms with E-state index in [2.05, 4.69) is 39.7 Å². The predicted molar refractivity (Wildman–Crippen MR) is 58.9 cm³/mol. The molecule has 1 aliphatic rings. The lowest BCUT2D eigenvalue weighted by Gasteiger charge is -2.25. The maximum absolute atomic E-state index is 2.38. The molecule has 1 saturated carbocycles. The van der Waals surface area contributed by atoms with Gasteiger partial charge < -0.3 is 0 Å². The molecule has 0 nitrogen and oxygen atoms in total. The van der Waals surface area contributed by atoms with Crippen LogP contribution in [-0.2, 0) is 0 Å². The average Bonchev–Trinajstić information content (AvgIpc) is 2.06. The highest BCUT2D eigenvalue weighted by atomic mass is 127. The summed E-state index contributed by atoms with van der Waals surface area (Å²) in [6.07, 6.45) is 9.55. The molecular weight excluding hydrogens is 247 g/mol. The largest absolute Gasteiger partial charge is 0.0753 e. The van der Waals surface area contributed by atoms with Gasteiger partial charge >= 0.3 is 0 Å². The Labute approximate surface area is 83.6 Å². The first-order valence-corrected chi connectivity index (χ1v) is 5.88. The van der Waals surface area contributed by atoms with Crippen LogP contribution in [0.15, 0.2) is 10.2 Å². The zero-order chi connectivity index (χ0) is 8.10. The number of hydrogen-bond donors (Lipinski definition) is 0. The van der Waals surface area contributed by atoms with Gasteiger partial charge in [0.25, 0.3) is 0 Å². The minimum absolute atomic E-state index is 0.894. The highest BCUT2D eigenvalue weighted by Gasteiger charge is 2.17. The molecule has 2 atom stereocenters. The van der Waals surface area contributed by atoms with Crippen molar-refractivity contribution >= 4 is 22.6 Å². The first-order valence-electron chi connectivity index (χ1n) is 4.63. The van der Waals surface area contributed by atoms with E-state index in [0.29, 0.717) is 0 Å². The molecule has 0 saturated heterocycles. The normalized spacial score (nSPS) is 32.9. The molecule has 0 aromatic carbocycles. The molecule has 0 aliphatic heterocycles. The van der Waals surface area contributed by atoms with Gasteiger partial charge in [-0.1, -0.05) is 54.9 Å². The molecular formula is C10H17I. The van der Waals surface area contributed by atoms with E-state index >= 15 is 0 Å². The predicted octanol–water partition coefficient (Wildman–Crippen LogP) is 4.15. The lowest BCUT2D eigenvalue weighted by atomic mass is 9.80. The number of rotatable bonds is 2. The van der Waals surface area contributed by atoms with E-state index in [4.69, 9.17) is 0 Å². The Bertz CT molecular complexity index is 129. The zero-order valence-corrected chi connectivity index (χ0v) is 9.38. The fourth-order valence-electron chi connectivity index (χ4n) is 1.98. The summed E-state index contributed by atoms with van der Waals surface area (Å²) in [7, 11) is 0. The summed E-state index contributed by atoms with van der Waals surface area (Å²) in [4.78, 5) is 0. The molecule has 0 N–H and O–H groups in total. The Morgan fingerprint density at radius 1 is 1.45 bits per heavy atom. The van der Waals surface area contributed by atoms with Crippen LogP contribution in [0.1, 0.15) is 39.0 Å². The van der Waals surface area contributed by atoms with Gasteiger partial charge in [0, 0.05) is 0 Å². The molecule has 0 bridgehead atoms. The van der Waals surface area contributed by atoms with Crippen molar-refractivity contribution in [3.05, 3.63) is 10.2 Å². The molecule has 1 fully saturated rings. The maximum atomic E-state index is 2.38. The SMILES string of the molecule is CCC1CCCC(/C=C/I)C1. The third-order valence-corrected chi connectivity index (χ3v) is 3.16. The molecule has 2 unspecified atom stereocenters. The fraction of sp³-hybridized carbons (Fsp3) is 0.800. The van der Waals surface area contributed by atoms with Gasteiger partial charge in [0.2, 0.25) is 0 Å². The highest BCUT2D eigenvalue weighted by Crippen LogP contribution is 2.31. The van der Waals surface area contributed by atoms with Crippen LogP contribution in [0.5, 0.6) is 0 Å². The molecule has 0 radical (unpaired) electrons. The van der Waals surface area contributed by atoms with E-state index < -0.39 is 0 Å². The van der Waals surface area contributed by atoms with Crippen molar-refractivity contribution in [3.8, 4) is 0 Å². The third kappa shape index (κ3) is 3.14. The summed E-state index contributed by atoms with van der Waals surface area (Å²) in [5, 5.41) is 0. The third-order valence-electron chi connectivity index (χ3n) is 2.75. The topological polar surface area (TPSA) is 0 Å². The van der Waals surface area contributed by atoms with E-state index in [1.165, 1.54) is 32.1 Å². The highest BCUT2D eigenvalue weighted by molar-refractivity contribution is 14.1. The Balaban J connectivity index is 2.33. The molecule has 0 heterocycles. The summed E-state index contributed by atoms with van der Waals surface area (Å²) >= 11 is 2.33. The van der Waals surface area contributed by atoms with Gasteiger partial charge in [-0.2, -0.15) is 0 Å². The van der Waals surface area contributed by atoms with Gasteiger partial charge in [-0.05, 0) is 28.8 Å². The molecule has 0 aromatic rings. The molecule has 0 amide bonds. The Morgan fingerprint density at radius 2 is 2.27 bits per heavy atom. The minimum atomic E-state index is 0.894. The quantitative estimate of drug-likeness (QED) is 0.657. The van der Waals surface area contributed by atoms with Crippen LogP contribution < -0.4 is 0 Å². The van der Waals surface area contributed by atoms with Crippen LogP contribution in [0.4, 0.5) is 0 Å². The second kappa shape index (κ2) is 5.18. The van der Waals surface area contributed by atoms with Crippen LogP contribution in [0.3, 0.4) is 0 Å². The van der Waals surface area contributed by atoms with E-state index in [1.807, 2.05) is 0 Å². The summed E-state index contributed by atoms with van der Waals surface area (Å²) in [5.74, 6) is 1.91. The molecule has 1 aliphatic carbocycles. The number of halogens is 1. The van der Waals surface area contributed by atoms with Gasteiger partial charge in [0.05, 0.1) is 0 Å². The monoisotopic (exact) mass is 264 g/mol. The molecule has 1 rings (SSSR count). The molecule has 11 heavy (non-hydrogen) atoms. The van der Waals surface area contributed by atoms with Gasteiger partial charge in [-0.15, -0.1) is 0 Å². The Hall–Kier alpha value is 0.470. The Kier molecular flexibility index (Phi) is 4.50. The zero-order valence-electron chi connectivity index (χ0n) is 7.22. The number of hydrogen-bond acceptors (Lipinski definition) is 0. The first kappa shape index (κ1) is 9.56. The second-order valence-corrected chi connectivity index (χ2v) is 4.24. The van der Waals surface area contributed by atoms with Crippen molar-refractivity contribution in [2.24, 2.45) is 11.8 Å². The van der Waals surface area contributed by atoms with E-state index in [1.54, 1.807) is 0 Å². The smallest absolute Gasteiger partial charge is 0.0223 e. The van der Waals surface area contributed by atoms with Crippen molar-refractivity contribution in [2.45, 2.75) is 39.0 Å². The van der Waals surface area contributed by atoms with Crippen LogP contribution >= 0.6 is 22.6 Å². The van der Waals surface area contributed by atoms with Crippen molar-refractivity contribution in [1.29, 1.82) is 0 Å². The number of allylic oxidation sites excluding steroid dienone is 1. The van der Waals surface area contributed by atoms with Crippen molar-refractivity contribution in [3.63, 3.8) is 0 Å². The summed E-state index contributed by atoms with van der Waals surface area (Å²) in [6.45, 7) is 2.32. The average molecular weight is 264 g/mol. The summed E-state index contributed by atoms with van der Waals surface area (Å²) < 4.78 is 2.18. The molecule has 1 heteroatoms. The lowest BCUT2D eigenvalue weighted by Crippen LogP contribution is -2.12. The van der Waals surface area contributed by atoms with Crippen molar-refractivity contribution in [1.82, 2.24) is 0 Å². The molecule has 0 aromatic heterocycles.